The van der Waals surface area contributed by atoms with Crippen molar-refractivity contribution in [2.75, 3.05) is 22.4 Å². The molecule has 1 N–H and O–H groups in total. The van der Waals surface area contributed by atoms with E-state index in [4.69, 9.17) is 0 Å². The molecule has 1 amide bonds. The van der Waals surface area contributed by atoms with Crippen LogP contribution in [0, 0.1) is 0 Å². The number of hydrogen-bond donors (Lipinski definition) is 1. The number of nitrogens with one attached hydrogen (secondary N) is 1. The van der Waals surface area contributed by atoms with Gasteiger partial charge in [0.2, 0.25) is 10.0 Å². The number of aryl methyl sites for hydroxylation is 1. The Morgan fingerprint density at radius 2 is 1.74 bits per heavy atom. The highest BCUT2D eigenvalue weighted by molar-refractivity contribution is 7.92. The van der Waals surface area contributed by atoms with Gasteiger partial charge in [0.1, 0.15) is 0 Å². The standard InChI is InChI=1S/C21H26N2O3S/c1-21(2,3)17-8-10-18(11-9-17)22-20(24)16-7-12-19-15(14-16)6-5-13-23(19)27(4,25)26/h7-12,14H,5-6,13H2,1-4H3,(H,22,24). The Morgan fingerprint density at radius 3 is 2.33 bits per heavy atom. The molecule has 0 bridgehead atoms. The maximum atomic E-state index is 12.6. The maximum Gasteiger partial charge on any atom is 0.255 e. The van der Waals surface area contributed by atoms with Gasteiger partial charge in [-0.2, -0.15) is 0 Å². The zero-order valence-electron chi connectivity index (χ0n) is 16.2. The van der Waals surface area contributed by atoms with E-state index in [1.165, 1.54) is 16.1 Å². The first kappa shape index (κ1) is 19.4. The predicted octanol–water partition coefficient (Wildman–Crippen LogP) is 3.95. The van der Waals surface area contributed by atoms with Gasteiger partial charge in [0, 0.05) is 17.8 Å². The van der Waals surface area contributed by atoms with Crippen LogP contribution in [-0.4, -0.2) is 27.1 Å². The van der Waals surface area contributed by atoms with Gasteiger partial charge in [-0.3, -0.25) is 9.10 Å². The number of hydrogen-bond acceptors (Lipinski definition) is 3. The van der Waals surface area contributed by atoms with Gasteiger partial charge >= 0.3 is 0 Å². The first-order chi connectivity index (χ1) is 12.6. The van der Waals surface area contributed by atoms with E-state index in [0.717, 1.165) is 24.1 Å². The molecule has 1 aliphatic heterocycles. The Kier molecular flexibility index (Phi) is 5.04. The minimum Gasteiger partial charge on any atom is -0.322 e. The van der Waals surface area contributed by atoms with Crippen LogP contribution in [0.2, 0.25) is 0 Å². The van der Waals surface area contributed by atoms with Crippen molar-refractivity contribution in [3.8, 4) is 0 Å². The molecule has 27 heavy (non-hydrogen) atoms. The van der Waals surface area contributed by atoms with Gasteiger partial charge in [-0.05, 0) is 59.7 Å². The molecule has 0 radical (unpaired) electrons. The summed E-state index contributed by atoms with van der Waals surface area (Å²) in [6.07, 6.45) is 2.73. The number of nitrogens with zero attached hydrogens (tertiary/aromatic N) is 1. The van der Waals surface area contributed by atoms with E-state index in [1.54, 1.807) is 18.2 Å². The molecule has 0 spiro atoms. The fourth-order valence-corrected chi connectivity index (χ4v) is 4.30. The zero-order valence-corrected chi connectivity index (χ0v) is 17.1. The third kappa shape index (κ3) is 4.33. The number of amides is 1. The summed E-state index contributed by atoms with van der Waals surface area (Å²) in [5, 5.41) is 2.91. The highest BCUT2D eigenvalue weighted by atomic mass is 32.2. The number of carbonyl (C=O) groups is 1. The second-order valence-corrected chi connectivity index (χ2v) is 9.97. The SMILES string of the molecule is CC(C)(C)c1ccc(NC(=O)c2ccc3c(c2)CCCN3S(C)(=O)=O)cc1. The van der Waals surface area contributed by atoms with Gasteiger partial charge in [-0.1, -0.05) is 32.9 Å². The van der Waals surface area contributed by atoms with Crippen molar-refractivity contribution >= 4 is 27.3 Å². The predicted molar refractivity (Wildman–Crippen MR) is 110 cm³/mol. The van der Waals surface area contributed by atoms with Crippen molar-refractivity contribution in [3.63, 3.8) is 0 Å². The van der Waals surface area contributed by atoms with Crippen molar-refractivity contribution in [1.29, 1.82) is 0 Å². The van der Waals surface area contributed by atoms with E-state index in [1.807, 2.05) is 24.3 Å². The normalized spacial score (nSPS) is 14.6. The molecule has 6 heteroatoms. The summed E-state index contributed by atoms with van der Waals surface area (Å²) in [6.45, 7) is 6.92. The van der Waals surface area contributed by atoms with Gasteiger partial charge < -0.3 is 5.32 Å². The van der Waals surface area contributed by atoms with E-state index in [0.29, 0.717) is 17.8 Å². The van der Waals surface area contributed by atoms with Crippen molar-refractivity contribution in [2.24, 2.45) is 0 Å². The first-order valence-corrected chi connectivity index (χ1v) is 10.9. The molecule has 0 saturated heterocycles. The maximum absolute atomic E-state index is 12.6. The lowest BCUT2D eigenvalue weighted by molar-refractivity contribution is 0.102. The highest BCUT2D eigenvalue weighted by Crippen LogP contribution is 2.30. The summed E-state index contributed by atoms with van der Waals surface area (Å²) in [5.41, 5.74) is 4.10. The Balaban J connectivity index is 1.80. The van der Waals surface area contributed by atoms with Crippen LogP contribution in [-0.2, 0) is 21.9 Å². The van der Waals surface area contributed by atoms with Crippen LogP contribution in [0.15, 0.2) is 42.5 Å². The fourth-order valence-electron chi connectivity index (χ4n) is 3.31. The summed E-state index contributed by atoms with van der Waals surface area (Å²) >= 11 is 0. The number of fused-ring (bicyclic) bond motifs is 1. The molecule has 1 heterocycles. The highest BCUT2D eigenvalue weighted by Gasteiger charge is 2.24. The van der Waals surface area contributed by atoms with Crippen molar-refractivity contribution in [2.45, 2.75) is 39.0 Å². The molecule has 2 aromatic rings. The Bertz CT molecular complexity index is 958. The average Bonchev–Trinajstić information content (AvgIpc) is 2.59. The Morgan fingerprint density at radius 1 is 1.07 bits per heavy atom. The molecule has 3 rings (SSSR count). The number of benzene rings is 2. The van der Waals surface area contributed by atoms with Gasteiger partial charge in [-0.15, -0.1) is 0 Å². The molecule has 0 atom stereocenters. The lowest BCUT2D eigenvalue weighted by Crippen LogP contribution is -2.34. The monoisotopic (exact) mass is 386 g/mol. The summed E-state index contributed by atoms with van der Waals surface area (Å²) in [4.78, 5) is 12.6. The van der Waals surface area contributed by atoms with Crippen LogP contribution < -0.4 is 9.62 Å². The topological polar surface area (TPSA) is 66.5 Å². The quantitative estimate of drug-likeness (QED) is 0.869. The minimum atomic E-state index is -3.30. The molecule has 0 aromatic heterocycles. The molecule has 1 aliphatic rings. The second-order valence-electron chi connectivity index (χ2n) is 8.06. The molecule has 2 aromatic carbocycles. The van der Waals surface area contributed by atoms with E-state index < -0.39 is 10.0 Å². The summed E-state index contributed by atoms with van der Waals surface area (Å²) in [7, 11) is -3.30. The average molecular weight is 387 g/mol. The summed E-state index contributed by atoms with van der Waals surface area (Å²) in [5.74, 6) is -0.196. The van der Waals surface area contributed by atoms with Gasteiger partial charge in [0.25, 0.3) is 5.91 Å². The van der Waals surface area contributed by atoms with Crippen LogP contribution in [0.25, 0.3) is 0 Å². The number of sulfonamides is 1. The lowest BCUT2D eigenvalue weighted by atomic mass is 9.87. The molecule has 5 nitrogen and oxygen atoms in total. The largest absolute Gasteiger partial charge is 0.322 e. The molecular formula is C21H26N2O3S. The van der Waals surface area contributed by atoms with Crippen LogP contribution in [0.5, 0.6) is 0 Å². The van der Waals surface area contributed by atoms with Crippen LogP contribution in [0.3, 0.4) is 0 Å². The molecule has 144 valence electrons. The van der Waals surface area contributed by atoms with E-state index in [-0.39, 0.29) is 11.3 Å². The lowest BCUT2D eigenvalue weighted by Gasteiger charge is -2.29. The van der Waals surface area contributed by atoms with Crippen LogP contribution >= 0.6 is 0 Å². The van der Waals surface area contributed by atoms with Crippen molar-refractivity contribution in [3.05, 3.63) is 59.2 Å². The van der Waals surface area contributed by atoms with E-state index >= 15 is 0 Å². The molecule has 0 saturated carbocycles. The van der Waals surface area contributed by atoms with Gasteiger partial charge in [0.15, 0.2) is 0 Å². The van der Waals surface area contributed by atoms with Gasteiger partial charge in [-0.25, -0.2) is 8.42 Å². The smallest absolute Gasteiger partial charge is 0.255 e. The third-order valence-corrected chi connectivity index (χ3v) is 6.01. The second kappa shape index (κ2) is 7.00. The van der Waals surface area contributed by atoms with Crippen LogP contribution in [0.1, 0.15) is 48.7 Å². The van der Waals surface area contributed by atoms with Gasteiger partial charge in [0.05, 0.1) is 11.9 Å². The zero-order chi connectivity index (χ0) is 19.8. The van der Waals surface area contributed by atoms with Crippen LogP contribution in [0.4, 0.5) is 11.4 Å². The summed E-state index contributed by atoms with van der Waals surface area (Å²) < 4.78 is 25.3. The molecule has 0 fully saturated rings. The molecular weight excluding hydrogens is 360 g/mol. The van der Waals surface area contributed by atoms with Crippen molar-refractivity contribution in [1.82, 2.24) is 0 Å². The minimum absolute atomic E-state index is 0.0620. The van der Waals surface area contributed by atoms with E-state index in [9.17, 15) is 13.2 Å². The molecule has 0 unspecified atom stereocenters. The summed E-state index contributed by atoms with van der Waals surface area (Å²) in [6, 6.07) is 13.1. The van der Waals surface area contributed by atoms with E-state index in [2.05, 4.69) is 26.1 Å². The first-order valence-electron chi connectivity index (χ1n) is 9.08. The Labute approximate surface area is 161 Å². The number of rotatable bonds is 3. The third-order valence-electron chi connectivity index (χ3n) is 4.83. The number of anilines is 2. The number of carbonyl (C=O) groups excluding carboxylic acids is 1. The van der Waals surface area contributed by atoms with Crippen molar-refractivity contribution < 1.29 is 13.2 Å². The molecule has 0 aliphatic carbocycles. The Hall–Kier alpha value is -2.34. The fraction of sp³-hybridized carbons (Fsp3) is 0.381.